The Hall–Kier alpha value is -5.63. The number of carbonyl (C=O) groups is 3. The van der Waals surface area contributed by atoms with E-state index in [9.17, 15) is 39.6 Å². The van der Waals surface area contributed by atoms with Crippen LogP contribution in [0.4, 0.5) is 0 Å². The number of phenolic OH excluding ortho intramolecular Hbond substituents is 1. The molecule has 0 unspecified atom stereocenters. The molecule has 0 aliphatic carbocycles. The summed E-state index contributed by atoms with van der Waals surface area (Å²) in [5.41, 5.74) is 3.36. The van der Waals surface area contributed by atoms with E-state index in [1.54, 1.807) is 51.2 Å². The van der Waals surface area contributed by atoms with E-state index in [0.717, 1.165) is 27.8 Å². The first kappa shape index (κ1) is 47.8. The number of nitrogens with one attached hydrogen (secondary N) is 2. The summed E-state index contributed by atoms with van der Waals surface area (Å²) < 4.78 is 12.6. The Morgan fingerprint density at radius 1 is 0.953 bits per heavy atom. The van der Waals surface area contributed by atoms with Crippen molar-refractivity contribution in [2.24, 2.45) is 0 Å². The topological polar surface area (TPSA) is 233 Å². The van der Waals surface area contributed by atoms with Crippen molar-refractivity contribution in [1.29, 1.82) is 0 Å². The SMILES string of the molecule is CS[C@H]1O[C@@H](c2ccc(C)c(Cc3ccc(CCCC(=O)NC(C)(C)C(=O)NCCN(C)CC(=O)N(C)Cc4cn(-c5cc6ccc(O)cc6oc5=O)nn4)cc3)c2)[C@H](O)[C@@H](O)[C@@H]1O. The van der Waals surface area contributed by atoms with Gasteiger partial charge in [0.05, 0.1) is 19.3 Å². The molecule has 1 fully saturated rings. The lowest BCUT2D eigenvalue weighted by atomic mass is 9.91. The number of aliphatic hydroxyl groups excluding tert-OH is 3. The number of nitrogens with zero attached hydrogens (tertiary/aromatic N) is 5. The fourth-order valence-electron chi connectivity index (χ4n) is 7.42. The lowest BCUT2D eigenvalue weighted by Crippen LogP contribution is -2.55. The Bertz CT molecular complexity index is 2490. The Balaban J connectivity index is 0.889. The molecule has 18 heteroatoms. The summed E-state index contributed by atoms with van der Waals surface area (Å²) in [4.78, 5) is 54.8. The number of benzene rings is 3. The van der Waals surface area contributed by atoms with Crippen molar-refractivity contribution >= 4 is 40.5 Å². The molecule has 3 heterocycles. The molecule has 1 aliphatic heterocycles. The minimum absolute atomic E-state index is 0.0254. The van der Waals surface area contributed by atoms with Crippen LogP contribution >= 0.6 is 11.8 Å². The molecule has 2 aromatic heterocycles. The van der Waals surface area contributed by atoms with E-state index >= 15 is 0 Å². The molecule has 5 aromatic rings. The summed E-state index contributed by atoms with van der Waals surface area (Å²) >= 11 is 1.28. The van der Waals surface area contributed by atoms with Crippen LogP contribution in [0.3, 0.4) is 0 Å². The number of rotatable bonds is 18. The summed E-state index contributed by atoms with van der Waals surface area (Å²) in [6.07, 6.45) is 0.937. The van der Waals surface area contributed by atoms with Crippen molar-refractivity contribution in [2.75, 3.05) is 40.0 Å². The molecule has 5 atom stereocenters. The Labute approximate surface area is 375 Å². The molecule has 3 aromatic carbocycles. The van der Waals surface area contributed by atoms with Crippen LogP contribution in [-0.4, -0.2) is 132 Å². The number of thioether (sulfide) groups is 1. The van der Waals surface area contributed by atoms with E-state index in [1.807, 2.05) is 37.3 Å². The summed E-state index contributed by atoms with van der Waals surface area (Å²) in [6.45, 7) is 6.14. The molecule has 17 nitrogen and oxygen atoms in total. The molecule has 6 N–H and O–H groups in total. The number of hydrogen-bond donors (Lipinski definition) is 6. The molecule has 64 heavy (non-hydrogen) atoms. The first-order chi connectivity index (χ1) is 30.4. The predicted molar refractivity (Wildman–Crippen MR) is 241 cm³/mol. The van der Waals surface area contributed by atoms with Gasteiger partial charge in [0.15, 0.2) is 5.69 Å². The number of carbonyl (C=O) groups excluding carboxylic acids is 3. The zero-order chi connectivity index (χ0) is 46.3. The summed E-state index contributed by atoms with van der Waals surface area (Å²) in [7, 11) is 3.39. The first-order valence-electron chi connectivity index (χ1n) is 21.0. The lowest BCUT2D eigenvalue weighted by molar-refractivity contribution is -0.200. The van der Waals surface area contributed by atoms with E-state index in [2.05, 4.69) is 33.1 Å². The number of amides is 3. The number of aliphatic hydroxyl groups is 3. The first-order valence-corrected chi connectivity index (χ1v) is 22.3. The summed E-state index contributed by atoms with van der Waals surface area (Å²) in [5, 5.41) is 55.4. The van der Waals surface area contributed by atoms with E-state index in [1.165, 1.54) is 39.7 Å². The number of hydrogen-bond acceptors (Lipinski definition) is 14. The third-order valence-corrected chi connectivity index (χ3v) is 12.2. The second kappa shape index (κ2) is 20.9. The number of fused-ring (bicyclic) bond motifs is 1. The summed E-state index contributed by atoms with van der Waals surface area (Å²) in [6, 6.07) is 20.0. The van der Waals surface area contributed by atoms with E-state index in [0.29, 0.717) is 36.9 Å². The van der Waals surface area contributed by atoms with Gasteiger partial charge in [-0.2, -0.15) is 0 Å². The van der Waals surface area contributed by atoms with Crippen molar-refractivity contribution in [2.45, 2.75) is 88.4 Å². The van der Waals surface area contributed by atoms with Crippen molar-refractivity contribution in [1.82, 2.24) is 35.4 Å². The van der Waals surface area contributed by atoms with Gasteiger partial charge < -0.3 is 45.1 Å². The number of likely N-dealkylation sites (N-methyl/N-ethyl adjacent to an activating group) is 2. The monoisotopic (exact) mass is 899 g/mol. The standard InChI is InChI=1S/C46H57N7O10S/c1-27-10-15-31(42-40(58)39(57)41(59)44(63-42)64-6)21-32(27)20-29-13-11-28(12-14-29)8-7-9-37(55)48-46(2,3)45(61)47-18-19-51(4)26-38(56)52(5)24-33-25-53(50-49-33)35-22-30-16-17-34(54)23-36(30)62-43(35)60/h10-17,21-23,25,39-42,44,54,57-59H,7-9,18-20,24,26H2,1-6H3,(H,47,61)(H,48,55)/t39-,40-,41+,42+,44-/m1/s1. The molecule has 0 bridgehead atoms. The van der Waals surface area contributed by atoms with Crippen molar-refractivity contribution in [3.63, 3.8) is 0 Å². The number of ether oxygens (including phenoxy) is 1. The van der Waals surface area contributed by atoms with Gasteiger partial charge in [-0.05, 0) is 99.4 Å². The minimum atomic E-state index is -1.32. The average Bonchev–Trinajstić information content (AvgIpc) is 3.71. The van der Waals surface area contributed by atoms with Gasteiger partial charge >= 0.3 is 5.63 Å². The maximum Gasteiger partial charge on any atom is 0.362 e. The Morgan fingerprint density at radius 2 is 1.69 bits per heavy atom. The van der Waals surface area contributed by atoms with Gasteiger partial charge in [0.2, 0.25) is 17.7 Å². The highest BCUT2D eigenvalue weighted by atomic mass is 32.2. The molecule has 0 radical (unpaired) electrons. The van der Waals surface area contributed by atoms with Gasteiger partial charge in [0, 0.05) is 38.0 Å². The van der Waals surface area contributed by atoms with Gasteiger partial charge in [0.1, 0.15) is 52.4 Å². The predicted octanol–water partition coefficient (Wildman–Crippen LogP) is 2.75. The van der Waals surface area contributed by atoms with Crippen molar-refractivity contribution < 1.29 is 44.0 Å². The van der Waals surface area contributed by atoms with Crippen LogP contribution < -0.4 is 16.3 Å². The quantitative estimate of drug-likeness (QED) is 0.0695. The number of phenols is 1. The largest absolute Gasteiger partial charge is 0.508 e. The van der Waals surface area contributed by atoms with Gasteiger partial charge in [-0.1, -0.05) is 47.7 Å². The Kier molecular flexibility index (Phi) is 15.6. The maximum absolute atomic E-state index is 13.1. The molecule has 6 rings (SSSR count). The van der Waals surface area contributed by atoms with Crippen molar-refractivity contribution in [3.8, 4) is 11.4 Å². The molecular formula is C46H57N7O10S. The van der Waals surface area contributed by atoms with Crippen LogP contribution in [0.5, 0.6) is 5.75 Å². The second-order valence-electron chi connectivity index (χ2n) is 16.9. The number of aryl methyl sites for hydroxylation is 2. The molecule has 3 amide bonds. The van der Waals surface area contributed by atoms with E-state index in [-0.39, 0.29) is 60.8 Å². The average molecular weight is 900 g/mol. The van der Waals surface area contributed by atoms with Crippen LogP contribution in [0.1, 0.15) is 66.3 Å². The third kappa shape index (κ3) is 11.9. The molecule has 0 saturated carbocycles. The molecule has 1 aliphatic rings. The van der Waals surface area contributed by atoms with Crippen LogP contribution in [-0.2, 0) is 38.5 Å². The fraction of sp³-hybridized carbons (Fsp3) is 0.435. The van der Waals surface area contributed by atoms with Gasteiger partial charge in [0.25, 0.3) is 0 Å². The smallest absolute Gasteiger partial charge is 0.362 e. The fourth-order valence-corrected chi connectivity index (χ4v) is 8.09. The third-order valence-electron chi connectivity index (χ3n) is 11.3. The normalized spacial score (nSPS) is 18.9. The molecule has 1 saturated heterocycles. The van der Waals surface area contributed by atoms with Crippen molar-refractivity contribution in [3.05, 3.63) is 117 Å². The zero-order valence-corrected chi connectivity index (χ0v) is 37.7. The van der Waals surface area contributed by atoms with Gasteiger partial charge in [-0.25, -0.2) is 9.48 Å². The maximum atomic E-state index is 13.1. The molecule has 342 valence electrons. The van der Waals surface area contributed by atoms with Crippen LogP contribution in [0, 0.1) is 6.92 Å². The number of aromatic hydroxyl groups is 1. The summed E-state index contributed by atoms with van der Waals surface area (Å²) in [5.74, 6) is -0.810. The van der Waals surface area contributed by atoms with E-state index in [4.69, 9.17) is 9.15 Å². The second-order valence-corrected chi connectivity index (χ2v) is 17.8. The number of aromatic nitrogens is 3. The van der Waals surface area contributed by atoms with Crippen LogP contribution in [0.2, 0.25) is 0 Å². The highest BCUT2D eigenvalue weighted by Gasteiger charge is 2.44. The van der Waals surface area contributed by atoms with Gasteiger partial charge in [-0.3, -0.25) is 19.3 Å². The molecule has 0 spiro atoms. The van der Waals surface area contributed by atoms with E-state index < -0.39 is 41.0 Å². The highest BCUT2D eigenvalue weighted by Crippen LogP contribution is 2.36. The molecular weight excluding hydrogens is 843 g/mol. The Morgan fingerprint density at radius 3 is 2.42 bits per heavy atom. The van der Waals surface area contributed by atoms with Gasteiger partial charge in [-0.15, -0.1) is 16.9 Å². The van der Waals surface area contributed by atoms with Crippen LogP contribution in [0.25, 0.3) is 16.7 Å². The van der Waals surface area contributed by atoms with Crippen LogP contribution in [0.15, 0.2) is 82.1 Å². The zero-order valence-electron chi connectivity index (χ0n) is 36.9. The highest BCUT2D eigenvalue weighted by molar-refractivity contribution is 7.99. The minimum Gasteiger partial charge on any atom is -0.508 e. The lowest BCUT2D eigenvalue weighted by Gasteiger charge is -2.40.